The van der Waals surface area contributed by atoms with Gasteiger partial charge in [-0.15, -0.1) is 0 Å². The summed E-state index contributed by atoms with van der Waals surface area (Å²) in [7, 11) is 1.62. The Bertz CT molecular complexity index is 1060. The van der Waals surface area contributed by atoms with Gasteiger partial charge in [-0.05, 0) is 57.8 Å². The SMILES string of the molecule is CC/C=C\C/C=C\C/C=C\C/C=C\C/C=C\C/C=C\CCCOCC(COP(=O)(O)OCC[N+](C)(C)C)OC(=O)CCCCCCCCCCCC. The largest absolute Gasteiger partial charge is 0.472 e. The van der Waals surface area contributed by atoms with Crippen molar-refractivity contribution < 1.29 is 37.3 Å². The van der Waals surface area contributed by atoms with E-state index in [1.165, 1.54) is 44.9 Å². The molecule has 2 atom stereocenters. The minimum absolute atomic E-state index is 0.0750. The number of ether oxygens (including phenoxy) is 2. The third-order valence-corrected chi connectivity index (χ3v) is 9.02. The Hall–Kier alpha value is -2.06. The van der Waals surface area contributed by atoms with Crippen LogP contribution in [0.25, 0.3) is 0 Å². The van der Waals surface area contributed by atoms with Crippen LogP contribution in [0, 0.1) is 0 Å². The minimum atomic E-state index is -4.29. The van der Waals surface area contributed by atoms with Gasteiger partial charge in [0.15, 0.2) is 0 Å². The molecule has 0 bridgehead atoms. The maximum absolute atomic E-state index is 12.6. The van der Waals surface area contributed by atoms with Crippen LogP contribution in [0.15, 0.2) is 72.9 Å². The van der Waals surface area contributed by atoms with Crippen LogP contribution < -0.4 is 0 Å². The molecule has 0 aromatic rings. The van der Waals surface area contributed by atoms with Crippen LogP contribution in [-0.2, 0) is 27.9 Å². The zero-order valence-electron chi connectivity index (χ0n) is 33.8. The molecule has 8 nitrogen and oxygen atoms in total. The third-order valence-electron chi connectivity index (χ3n) is 8.03. The van der Waals surface area contributed by atoms with Gasteiger partial charge >= 0.3 is 13.8 Å². The number of phosphoric acid groups is 1. The summed E-state index contributed by atoms with van der Waals surface area (Å²) in [6, 6.07) is 0. The summed E-state index contributed by atoms with van der Waals surface area (Å²) < 4.78 is 34.8. The van der Waals surface area contributed by atoms with E-state index in [1.807, 2.05) is 21.1 Å². The zero-order valence-corrected chi connectivity index (χ0v) is 34.7. The molecule has 0 fully saturated rings. The molecule has 9 heteroatoms. The first-order valence-electron chi connectivity index (χ1n) is 20.2. The van der Waals surface area contributed by atoms with Crippen molar-refractivity contribution in [2.75, 3.05) is 54.1 Å². The summed E-state index contributed by atoms with van der Waals surface area (Å²) >= 11 is 0. The first-order valence-corrected chi connectivity index (χ1v) is 21.7. The molecule has 0 aliphatic carbocycles. The van der Waals surface area contributed by atoms with Gasteiger partial charge in [0.2, 0.25) is 0 Å². The molecule has 0 spiro atoms. The minimum Gasteiger partial charge on any atom is -0.457 e. The molecule has 0 heterocycles. The van der Waals surface area contributed by atoms with E-state index in [2.05, 4.69) is 86.8 Å². The summed E-state index contributed by atoms with van der Waals surface area (Å²) in [5, 5.41) is 0. The van der Waals surface area contributed by atoms with E-state index in [0.717, 1.165) is 70.6 Å². The highest BCUT2D eigenvalue weighted by molar-refractivity contribution is 7.47. The summed E-state index contributed by atoms with van der Waals surface area (Å²) in [5.41, 5.74) is 0. The number of phosphoric ester groups is 1. The number of allylic oxidation sites excluding steroid dienone is 12. The van der Waals surface area contributed by atoms with Crippen molar-refractivity contribution in [1.82, 2.24) is 0 Å². The molecule has 52 heavy (non-hydrogen) atoms. The van der Waals surface area contributed by atoms with Crippen LogP contribution in [0.1, 0.15) is 136 Å². The maximum Gasteiger partial charge on any atom is 0.472 e. The summed E-state index contributed by atoms with van der Waals surface area (Å²) in [4.78, 5) is 22.7. The van der Waals surface area contributed by atoms with Gasteiger partial charge in [-0.3, -0.25) is 13.8 Å². The molecule has 0 aliphatic rings. The number of likely N-dealkylation sites (N-methyl/N-ethyl adjacent to an activating group) is 1. The molecular formula is C43H77NO7P+. The van der Waals surface area contributed by atoms with Gasteiger partial charge in [0.05, 0.1) is 34.4 Å². The average molecular weight is 751 g/mol. The van der Waals surface area contributed by atoms with Crippen molar-refractivity contribution in [3.05, 3.63) is 72.9 Å². The Morgan fingerprint density at radius 1 is 0.615 bits per heavy atom. The lowest BCUT2D eigenvalue weighted by Crippen LogP contribution is -2.37. The van der Waals surface area contributed by atoms with Crippen molar-refractivity contribution >= 4 is 13.8 Å². The standard InChI is InChI=1S/C43H76NO7P/c1-6-8-10-12-14-16-18-19-20-21-22-23-24-25-26-27-29-31-33-35-38-48-40-42(41-50-52(46,47)49-39-37-44(3,4)5)51-43(45)36-34-32-30-28-17-15-13-11-9-7-2/h8,10,14,16,19-20,22-23,25-26,29,31,42H,6-7,9,11-13,15,17-18,21,24,27-28,30,32-41H2,1-5H3/p+1/b10-8-,16-14-,20-19-,23-22-,26-25-,31-29-. The molecule has 0 aliphatic heterocycles. The zero-order chi connectivity index (χ0) is 38.4. The molecule has 0 aromatic carbocycles. The number of hydrogen-bond donors (Lipinski definition) is 1. The van der Waals surface area contributed by atoms with Crippen molar-refractivity contribution in [1.29, 1.82) is 0 Å². The van der Waals surface area contributed by atoms with Crippen LogP contribution in [0.5, 0.6) is 0 Å². The quantitative estimate of drug-likeness (QED) is 0.0224. The molecule has 0 saturated carbocycles. The van der Waals surface area contributed by atoms with Gasteiger partial charge in [0.1, 0.15) is 19.3 Å². The maximum atomic E-state index is 12.6. The topological polar surface area (TPSA) is 91.3 Å². The highest BCUT2D eigenvalue weighted by Crippen LogP contribution is 2.43. The number of carbonyl (C=O) groups is 1. The van der Waals surface area contributed by atoms with E-state index >= 15 is 0 Å². The van der Waals surface area contributed by atoms with Gasteiger partial charge in [0.25, 0.3) is 0 Å². The second-order valence-electron chi connectivity index (χ2n) is 14.3. The Morgan fingerprint density at radius 2 is 1.10 bits per heavy atom. The average Bonchev–Trinajstić information content (AvgIpc) is 3.09. The molecule has 0 rings (SSSR count). The first-order chi connectivity index (χ1) is 25.1. The van der Waals surface area contributed by atoms with Crippen molar-refractivity contribution in [2.45, 2.75) is 142 Å². The normalized spacial score (nSPS) is 14.7. The third kappa shape index (κ3) is 39.2. The molecular weight excluding hydrogens is 673 g/mol. The Balaban J connectivity index is 4.37. The number of esters is 1. The highest BCUT2D eigenvalue weighted by atomic mass is 31.2. The van der Waals surface area contributed by atoms with E-state index in [-0.39, 0.29) is 25.8 Å². The Kier molecular flexibility index (Phi) is 34.5. The van der Waals surface area contributed by atoms with E-state index in [4.69, 9.17) is 18.5 Å². The smallest absolute Gasteiger partial charge is 0.457 e. The van der Waals surface area contributed by atoms with Gasteiger partial charge in [-0.2, -0.15) is 0 Å². The number of rotatable bonds is 36. The summed E-state index contributed by atoms with van der Waals surface area (Å²) in [5.74, 6) is -0.339. The predicted octanol–water partition coefficient (Wildman–Crippen LogP) is 11.5. The molecule has 0 amide bonds. The fourth-order valence-corrected chi connectivity index (χ4v) is 5.66. The van der Waals surface area contributed by atoms with E-state index in [0.29, 0.717) is 24.1 Å². The second kappa shape index (κ2) is 35.9. The van der Waals surface area contributed by atoms with E-state index in [1.54, 1.807) is 0 Å². The van der Waals surface area contributed by atoms with Crippen LogP contribution in [0.2, 0.25) is 0 Å². The monoisotopic (exact) mass is 751 g/mol. The van der Waals surface area contributed by atoms with E-state index < -0.39 is 13.9 Å². The van der Waals surface area contributed by atoms with Crippen LogP contribution in [0.3, 0.4) is 0 Å². The second-order valence-corrected chi connectivity index (χ2v) is 15.7. The van der Waals surface area contributed by atoms with Gasteiger partial charge in [0, 0.05) is 13.0 Å². The number of unbranched alkanes of at least 4 members (excludes halogenated alkanes) is 10. The summed E-state index contributed by atoms with van der Waals surface area (Å²) in [6.07, 6.45) is 45.2. The van der Waals surface area contributed by atoms with Gasteiger partial charge in [-0.25, -0.2) is 4.57 Å². The predicted molar refractivity (Wildman–Crippen MR) is 219 cm³/mol. The Morgan fingerprint density at radius 3 is 1.60 bits per heavy atom. The summed E-state index contributed by atoms with van der Waals surface area (Å²) in [6.45, 7) is 5.31. The fraction of sp³-hybridized carbons (Fsp3) is 0.698. The number of hydrogen-bond acceptors (Lipinski definition) is 6. The molecule has 2 unspecified atom stereocenters. The lowest BCUT2D eigenvalue weighted by atomic mass is 10.1. The number of nitrogens with zero attached hydrogens (tertiary/aromatic N) is 1. The molecule has 0 aromatic heterocycles. The molecule has 1 N–H and O–H groups in total. The van der Waals surface area contributed by atoms with Crippen molar-refractivity contribution in [3.8, 4) is 0 Å². The lowest BCUT2D eigenvalue weighted by molar-refractivity contribution is -0.870. The Labute approximate surface area is 319 Å². The van der Waals surface area contributed by atoms with Crippen LogP contribution in [0.4, 0.5) is 0 Å². The fourth-order valence-electron chi connectivity index (χ4n) is 4.92. The van der Waals surface area contributed by atoms with Crippen molar-refractivity contribution in [3.63, 3.8) is 0 Å². The lowest BCUT2D eigenvalue weighted by Gasteiger charge is -2.24. The number of carbonyl (C=O) groups excluding carboxylic acids is 1. The van der Waals surface area contributed by atoms with Crippen molar-refractivity contribution in [2.24, 2.45) is 0 Å². The molecule has 0 saturated heterocycles. The van der Waals surface area contributed by atoms with Crippen LogP contribution in [-0.4, -0.2) is 75.6 Å². The van der Waals surface area contributed by atoms with Gasteiger partial charge in [-0.1, -0.05) is 145 Å². The van der Waals surface area contributed by atoms with Gasteiger partial charge < -0.3 is 18.9 Å². The van der Waals surface area contributed by atoms with Crippen LogP contribution >= 0.6 is 7.82 Å². The number of quaternary nitrogens is 1. The highest BCUT2D eigenvalue weighted by Gasteiger charge is 2.26. The first kappa shape index (κ1) is 49.9. The molecule has 300 valence electrons. The molecule has 0 radical (unpaired) electrons. The van der Waals surface area contributed by atoms with E-state index in [9.17, 15) is 14.3 Å².